The van der Waals surface area contributed by atoms with E-state index in [0.717, 1.165) is 11.6 Å². The van der Waals surface area contributed by atoms with Crippen molar-refractivity contribution in [2.24, 2.45) is 0 Å². The molecule has 0 heterocycles. The number of alkyl carbamates (subject to hydrolysis) is 1. The van der Waals surface area contributed by atoms with Gasteiger partial charge in [-0.05, 0) is 54.2 Å². The van der Waals surface area contributed by atoms with E-state index >= 15 is 0 Å². The summed E-state index contributed by atoms with van der Waals surface area (Å²) in [7, 11) is 0. The van der Waals surface area contributed by atoms with Crippen molar-refractivity contribution in [2.45, 2.75) is 45.4 Å². The van der Waals surface area contributed by atoms with Crippen molar-refractivity contribution in [3.05, 3.63) is 78.3 Å². The number of hydrogen-bond acceptors (Lipinski definition) is 8. The van der Waals surface area contributed by atoms with Crippen LogP contribution in [0.3, 0.4) is 0 Å². The summed E-state index contributed by atoms with van der Waals surface area (Å²) in [5.41, 5.74) is -0.429. The van der Waals surface area contributed by atoms with Gasteiger partial charge in [-0.25, -0.2) is 4.79 Å². The van der Waals surface area contributed by atoms with Gasteiger partial charge in [0.05, 0.1) is 32.6 Å². The minimum absolute atomic E-state index is 0.0114. The normalized spacial score (nSPS) is 11.9. The predicted octanol–water partition coefficient (Wildman–Crippen LogP) is 4.03. The first-order valence-corrected chi connectivity index (χ1v) is 11.7. The van der Waals surface area contributed by atoms with Crippen LogP contribution in [0, 0.1) is 20.2 Å². The molecule has 0 bridgehead atoms. The van der Waals surface area contributed by atoms with E-state index in [1.165, 1.54) is 6.07 Å². The lowest BCUT2D eigenvalue weighted by Gasteiger charge is -2.24. The number of carbonyl (C=O) groups is 2. The quantitative estimate of drug-likeness (QED) is 0.304. The molecule has 194 valence electrons. The number of carbonyl (C=O) groups excluding carboxylic acids is 2. The predicted molar refractivity (Wildman–Crippen MR) is 133 cm³/mol. The molecular formula is C23H27BrN4O8. The number of non-ortho nitro benzene ring substituents is 1. The molecule has 0 aromatic heterocycles. The van der Waals surface area contributed by atoms with Crippen LogP contribution < -0.4 is 10.6 Å². The molecule has 2 N–H and O–H groups in total. The molecule has 2 aromatic carbocycles. The van der Waals surface area contributed by atoms with E-state index in [4.69, 9.17) is 9.47 Å². The topological polar surface area (TPSA) is 163 Å². The number of nitrogens with zero attached hydrogens (tertiary/aromatic N) is 2. The van der Waals surface area contributed by atoms with Gasteiger partial charge in [0.1, 0.15) is 12.6 Å². The molecular weight excluding hydrogens is 540 g/mol. The summed E-state index contributed by atoms with van der Waals surface area (Å²) in [6, 6.07) is 9.98. The monoisotopic (exact) mass is 566 g/mol. The van der Waals surface area contributed by atoms with Crippen LogP contribution in [0.1, 0.15) is 31.9 Å². The smallest absolute Gasteiger partial charge is 0.408 e. The summed E-state index contributed by atoms with van der Waals surface area (Å²) in [4.78, 5) is 46.0. The second-order valence-corrected chi connectivity index (χ2v) is 9.47. The van der Waals surface area contributed by atoms with Crippen LogP contribution in [0.5, 0.6) is 0 Å². The van der Waals surface area contributed by atoms with Gasteiger partial charge in [-0.15, -0.1) is 0 Å². The van der Waals surface area contributed by atoms with Gasteiger partial charge >= 0.3 is 6.09 Å². The van der Waals surface area contributed by atoms with Crippen LogP contribution in [-0.4, -0.2) is 46.6 Å². The Bertz CT molecular complexity index is 1110. The molecule has 2 rings (SSSR count). The fraction of sp³-hybridized carbons (Fsp3) is 0.391. The van der Waals surface area contributed by atoms with Crippen LogP contribution in [-0.2, 0) is 27.3 Å². The molecule has 0 aliphatic heterocycles. The fourth-order valence-corrected chi connectivity index (χ4v) is 3.51. The van der Waals surface area contributed by atoms with E-state index in [9.17, 15) is 29.8 Å². The number of ether oxygens (including phenoxy) is 2. The lowest BCUT2D eigenvalue weighted by atomic mass is 10.1. The largest absolute Gasteiger partial charge is 0.445 e. The van der Waals surface area contributed by atoms with Crippen molar-refractivity contribution < 1.29 is 28.9 Å². The Morgan fingerprint density at radius 2 is 1.75 bits per heavy atom. The van der Waals surface area contributed by atoms with E-state index in [0.29, 0.717) is 0 Å². The highest BCUT2D eigenvalue weighted by Crippen LogP contribution is 2.33. The lowest BCUT2D eigenvalue weighted by Crippen LogP contribution is -2.50. The number of nitro groups is 2. The van der Waals surface area contributed by atoms with Crippen LogP contribution >= 0.6 is 15.9 Å². The Kier molecular flexibility index (Phi) is 10.3. The molecule has 0 saturated heterocycles. The molecule has 0 radical (unpaired) electrons. The highest BCUT2D eigenvalue weighted by molar-refractivity contribution is 9.10. The van der Waals surface area contributed by atoms with Crippen LogP contribution in [0.2, 0.25) is 0 Å². The van der Waals surface area contributed by atoms with E-state index in [1.807, 2.05) is 6.07 Å². The molecule has 0 aliphatic rings. The zero-order chi connectivity index (χ0) is 26.9. The number of nitrogens with one attached hydrogen (secondary N) is 2. The van der Waals surface area contributed by atoms with Gasteiger partial charge in [0, 0.05) is 12.6 Å². The van der Waals surface area contributed by atoms with E-state index in [-0.39, 0.29) is 36.2 Å². The zero-order valence-corrected chi connectivity index (χ0v) is 21.6. The van der Waals surface area contributed by atoms with Gasteiger partial charge in [-0.3, -0.25) is 25.0 Å². The fourth-order valence-electron chi connectivity index (χ4n) is 2.94. The number of halogens is 1. The van der Waals surface area contributed by atoms with E-state index in [1.54, 1.807) is 45.0 Å². The van der Waals surface area contributed by atoms with Crippen molar-refractivity contribution in [3.63, 3.8) is 0 Å². The number of hydrogen-bond donors (Lipinski definition) is 2. The van der Waals surface area contributed by atoms with E-state index < -0.39 is 44.9 Å². The Hall–Kier alpha value is -3.58. The lowest BCUT2D eigenvalue weighted by molar-refractivity contribution is -0.394. The number of rotatable bonds is 11. The maximum atomic E-state index is 12.8. The van der Waals surface area contributed by atoms with E-state index in [2.05, 4.69) is 26.6 Å². The van der Waals surface area contributed by atoms with Gasteiger partial charge in [0.2, 0.25) is 5.91 Å². The van der Waals surface area contributed by atoms with Gasteiger partial charge in [0.15, 0.2) is 0 Å². The van der Waals surface area contributed by atoms with Crippen molar-refractivity contribution in [2.75, 3.05) is 13.2 Å². The first-order valence-electron chi connectivity index (χ1n) is 10.9. The summed E-state index contributed by atoms with van der Waals surface area (Å²) in [6.45, 7) is 5.25. The maximum absolute atomic E-state index is 12.8. The second kappa shape index (κ2) is 12.9. The van der Waals surface area contributed by atoms with Crippen LogP contribution in [0.25, 0.3) is 0 Å². The molecule has 0 fully saturated rings. The standard InChI is InChI=1S/C23H27BrN4O8/c1-23(2,3)36-14-18(26-22(30)35-13-15-7-5-4-6-8-15)21(29)25-10-9-16-11-17(27(31)32)12-19(20(16)24)28(33)34/h4-8,11-12,18H,9-10,13-14H2,1-3H3,(H,25,29)(H,26,30)/t18-/m0/s1. The molecule has 0 saturated carbocycles. The van der Waals surface area contributed by atoms with Gasteiger partial charge < -0.3 is 20.1 Å². The Labute approximate surface area is 215 Å². The third kappa shape index (κ3) is 9.23. The van der Waals surface area contributed by atoms with Crippen LogP contribution in [0.15, 0.2) is 46.9 Å². The number of amides is 2. The van der Waals surface area contributed by atoms with Crippen molar-refractivity contribution in [1.29, 1.82) is 0 Å². The Morgan fingerprint density at radius 3 is 2.33 bits per heavy atom. The molecule has 2 aromatic rings. The van der Waals surface area contributed by atoms with Gasteiger partial charge in [-0.2, -0.15) is 0 Å². The summed E-state index contributed by atoms with van der Waals surface area (Å²) in [5, 5.41) is 27.5. The van der Waals surface area contributed by atoms with Gasteiger partial charge in [0.25, 0.3) is 11.4 Å². The Balaban J connectivity index is 2.04. The minimum atomic E-state index is -1.09. The molecule has 13 heteroatoms. The summed E-state index contributed by atoms with van der Waals surface area (Å²) >= 11 is 3.11. The zero-order valence-electron chi connectivity index (χ0n) is 20.0. The Morgan fingerprint density at radius 1 is 1.08 bits per heavy atom. The number of benzene rings is 2. The molecule has 1 atom stereocenters. The molecule has 0 aliphatic carbocycles. The first-order chi connectivity index (χ1) is 16.9. The summed E-state index contributed by atoms with van der Waals surface area (Å²) in [5.74, 6) is -0.577. The molecule has 0 unspecified atom stereocenters. The third-order valence-corrected chi connectivity index (χ3v) is 5.63. The SMILES string of the molecule is CC(C)(C)OC[C@H](NC(=O)OCc1ccccc1)C(=O)NCCc1cc([N+](=O)[O-])cc([N+](=O)[O-])c1Br. The highest BCUT2D eigenvalue weighted by Gasteiger charge is 2.26. The summed E-state index contributed by atoms with van der Waals surface area (Å²) < 4.78 is 10.9. The van der Waals surface area contributed by atoms with Crippen LogP contribution in [0.4, 0.5) is 16.2 Å². The maximum Gasteiger partial charge on any atom is 0.408 e. The van der Waals surface area contributed by atoms with Crippen molar-refractivity contribution in [3.8, 4) is 0 Å². The molecule has 12 nitrogen and oxygen atoms in total. The van der Waals surface area contributed by atoms with Crippen molar-refractivity contribution in [1.82, 2.24) is 10.6 Å². The first kappa shape index (κ1) is 28.7. The second-order valence-electron chi connectivity index (χ2n) is 8.68. The number of nitro benzene ring substituents is 2. The molecule has 36 heavy (non-hydrogen) atoms. The third-order valence-electron chi connectivity index (χ3n) is 4.72. The molecule has 2 amide bonds. The average Bonchev–Trinajstić information content (AvgIpc) is 2.81. The minimum Gasteiger partial charge on any atom is -0.445 e. The molecule has 0 spiro atoms. The highest BCUT2D eigenvalue weighted by atomic mass is 79.9. The average molecular weight is 567 g/mol. The van der Waals surface area contributed by atoms with Gasteiger partial charge in [-0.1, -0.05) is 30.3 Å². The van der Waals surface area contributed by atoms with Crippen molar-refractivity contribution >= 4 is 39.3 Å². The summed E-state index contributed by atoms with van der Waals surface area (Å²) in [6.07, 6.45) is -0.756.